The van der Waals surface area contributed by atoms with Crippen molar-refractivity contribution in [3.63, 3.8) is 0 Å². The van der Waals surface area contributed by atoms with Gasteiger partial charge in [0.1, 0.15) is 18.0 Å². The molecule has 1 aliphatic carbocycles. The van der Waals surface area contributed by atoms with E-state index in [1.165, 1.54) is 11.6 Å². The van der Waals surface area contributed by atoms with E-state index in [1.54, 1.807) is 0 Å². The van der Waals surface area contributed by atoms with Crippen molar-refractivity contribution in [2.75, 3.05) is 13.6 Å². The van der Waals surface area contributed by atoms with E-state index in [1.807, 2.05) is 30.1 Å². The zero-order chi connectivity index (χ0) is 18.7. The van der Waals surface area contributed by atoms with Gasteiger partial charge in [-0.1, -0.05) is 30.3 Å². The van der Waals surface area contributed by atoms with Crippen LogP contribution >= 0.6 is 0 Å². The molecule has 4 atom stereocenters. The summed E-state index contributed by atoms with van der Waals surface area (Å²) in [5.74, 6) is -1.72. The van der Waals surface area contributed by atoms with Gasteiger partial charge in [0.25, 0.3) is 0 Å². The van der Waals surface area contributed by atoms with Gasteiger partial charge in [-0.25, -0.2) is 8.78 Å². The van der Waals surface area contributed by atoms with Crippen molar-refractivity contribution in [3.05, 3.63) is 65.7 Å². The van der Waals surface area contributed by atoms with Crippen LogP contribution in [0.4, 0.5) is 8.78 Å². The summed E-state index contributed by atoms with van der Waals surface area (Å²) in [7, 11) is 1.93. The van der Waals surface area contributed by atoms with Crippen LogP contribution in [0, 0.1) is 11.6 Å². The zero-order valence-electron chi connectivity index (χ0n) is 14.7. The number of aliphatic hydroxyl groups excluding tert-OH is 1. The molecule has 0 unspecified atom stereocenters. The molecule has 3 N–H and O–H groups in total. The molecule has 0 aromatic heterocycles. The van der Waals surface area contributed by atoms with Crippen LogP contribution in [0.3, 0.4) is 0 Å². The number of hydrogen-bond donors (Lipinski definition) is 2. The maximum absolute atomic E-state index is 13.3. The summed E-state index contributed by atoms with van der Waals surface area (Å²) in [4.78, 5) is 2.04. The molecule has 4 nitrogen and oxygen atoms in total. The largest absolute Gasteiger partial charge is 0.487 e. The average molecular weight is 362 g/mol. The lowest BCUT2D eigenvalue weighted by Crippen LogP contribution is -2.49. The fourth-order valence-corrected chi connectivity index (χ4v) is 3.55. The van der Waals surface area contributed by atoms with E-state index < -0.39 is 23.8 Å². The molecule has 26 heavy (non-hydrogen) atoms. The molecule has 0 amide bonds. The van der Waals surface area contributed by atoms with Crippen molar-refractivity contribution in [1.29, 1.82) is 0 Å². The maximum Gasteiger partial charge on any atom is 0.162 e. The molecule has 0 bridgehead atoms. The third-order valence-electron chi connectivity index (χ3n) is 4.96. The van der Waals surface area contributed by atoms with Gasteiger partial charge in [-0.15, -0.1) is 0 Å². The predicted octanol–water partition coefficient (Wildman–Crippen LogP) is 2.35. The van der Waals surface area contributed by atoms with Crippen LogP contribution in [0.15, 0.2) is 48.5 Å². The minimum atomic E-state index is -0.976. The first-order valence-corrected chi connectivity index (χ1v) is 8.75. The normalized spacial score (nSPS) is 25.6. The predicted molar refractivity (Wildman–Crippen MR) is 95.9 cm³/mol. The fraction of sp³-hybridized carbons (Fsp3) is 0.400. The fourth-order valence-electron chi connectivity index (χ4n) is 3.55. The quantitative estimate of drug-likeness (QED) is 0.828. The molecule has 3 rings (SSSR count). The van der Waals surface area contributed by atoms with Crippen molar-refractivity contribution in [1.82, 2.24) is 4.90 Å². The number of benzene rings is 2. The molecule has 1 fully saturated rings. The summed E-state index contributed by atoms with van der Waals surface area (Å²) < 4.78 is 32.1. The van der Waals surface area contributed by atoms with Gasteiger partial charge >= 0.3 is 0 Å². The van der Waals surface area contributed by atoms with Crippen molar-refractivity contribution in [2.45, 2.75) is 37.1 Å². The number of likely N-dealkylation sites (N-methyl/N-ethyl adjacent to an activating group) is 1. The Labute approximate surface area is 152 Å². The van der Waals surface area contributed by atoms with Crippen LogP contribution in [-0.4, -0.2) is 47.9 Å². The number of aliphatic hydroxyl groups is 1. The first kappa shape index (κ1) is 18.8. The number of ether oxygens (including phenoxy) is 1. The lowest BCUT2D eigenvalue weighted by atomic mass is 10.1. The Morgan fingerprint density at radius 2 is 1.88 bits per heavy atom. The van der Waals surface area contributed by atoms with Crippen molar-refractivity contribution >= 4 is 0 Å². The van der Waals surface area contributed by atoms with E-state index in [0.717, 1.165) is 25.1 Å². The number of nitrogens with two attached hydrogens (primary N) is 1. The Balaban J connectivity index is 1.61. The van der Waals surface area contributed by atoms with Crippen LogP contribution in [0.2, 0.25) is 0 Å². The highest BCUT2D eigenvalue weighted by atomic mass is 19.2. The Hall–Kier alpha value is -2.02. The van der Waals surface area contributed by atoms with Gasteiger partial charge in [-0.3, -0.25) is 4.90 Å². The van der Waals surface area contributed by atoms with E-state index in [9.17, 15) is 13.9 Å². The van der Waals surface area contributed by atoms with Crippen molar-refractivity contribution in [2.24, 2.45) is 5.73 Å². The highest BCUT2D eigenvalue weighted by Crippen LogP contribution is 2.28. The van der Waals surface area contributed by atoms with Gasteiger partial charge in [-0.05, 0) is 31.2 Å². The summed E-state index contributed by atoms with van der Waals surface area (Å²) in [6.07, 6.45) is -0.0689. The Morgan fingerprint density at radius 3 is 2.58 bits per heavy atom. The van der Waals surface area contributed by atoms with Crippen LogP contribution in [0.1, 0.15) is 12.0 Å². The molecule has 0 spiro atoms. The molecule has 140 valence electrons. The lowest BCUT2D eigenvalue weighted by molar-refractivity contribution is 0.0159. The standard InChI is InChI=1S/C20H24F2N2O2/c1-24(10-9-13-5-3-2-4-6-13)19-17(23)12-18(20(19)25)26-14-7-8-15(21)16(22)11-14/h2-8,11,17-20,25H,9-10,12,23H2,1H3/t17-,18-,19+,20+/m1/s1. The van der Waals surface area contributed by atoms with E-state index >= 15 is 0 Å². The zero-order valence-corrected chi connectivity index (χ0v) is 14.7. The molecular weight excluding hydrogens is 338 g/mol. The van der Waals surface area contributed by atoms with Gasteiger partial charge in [-0.2, -0.15) is 0 Å². The molecule has 0 aliphatic heterocycles. The van der Waals surface area contributed by atoms with Gasteiger partial charge in [0.2, 0.25) is 0 Å². The van der Waals surface area contributed by atoms with E-state index in [2.05, 4.69) is 12.1 Å². The minimum absolute atomic E-state index is 0.188. The Morgan fingerprint density at radius 1 is 1.15 bits per heavy atom. The Bertz CT molecular complexity index is 729. The molecule has 0 heterocycles. The summed E-state index contributed by atoms with van der Waals surface area (Å²) in [6, 6.07) is 12.9. The first-order valence-electron chi connectivity index (χ1n) is 8.75. The van der Waals surface area contributed by atoms with E-state index in [-0.39, 0.29) is 17.8 Å². The molecule has 6 heteroatoms. The molecule has 0 radical (unpaired) electrons. The Kier molecular flexibility index (Phi) is 5.86. The highest BCUT2D eigenvalue weighted by Gasteiger charge is 2.44. The smallest absolute Gasteiger partial charge is 0.162 e. The van der Waals surface area contributed by atoms with Crippen LogP contribution in [0.25, 0.3) is 0 Å². The molecule has 2 aromatic carbocycles. The molecule has 2 aromatic rings. The van der Waals surface area contributed by atoms with Crippen molar-refractivity contribution < 1.29 is 18.6 Å². The molecular formula is C20H24F2N2O2. The van der Waals surface area contributed by atoms with E-state index in [4.69, 9.17) is 10.5 Å². The van der Waals surface area contributed by atoms with Crippen LogP contribution < -0.4 is 10.5 Å². The van der Waals surface area contributed by atoms with Gasteiger partial charge in [0, 0.05) is 25.1 Å². The topological polar surface area (TPSA) is 58.7 Å². The number of rotatable bonds is 6. The van der Waals surface area contributed by atoms with E-state index in [0.29, 0.717) is 6.42 Å². The maximum atomic E-state index is 13.3. The summed E-state index contributed by atoms with van der Waals surface area (Å²) in [5.41, 5.74) is 7.44. The molecule has 1 saturated carbocycles. The summed E-state index contributed by atoms with van der Waals surface area (Å²) in [5, 5.41) is 10.7. The second-order valence-corrected chi connectivity index (χ2v) is 6.83. The highest BCUT2D eigenvalue weighted by molar-refractivity contribution is 5.24. The second kappa shape index (κ2) is 8.12. The van der Waals surface area contributed by atoms with Gasteiger partial charge in [0.15, 0.2) is 11.6 Å². The summed E-state index contributed by atoms with van der Waals surface area (Å²) in [6.45, 7) is 0.747. The summed E-state index contributed by atoms with van der Waals surface area (Å²) >= 11 is 0. The minimum Gasteiger partial charge on any atom is -0.487 e. The first-order chi connectivity index (χ1) is 12.5. The number of halogens is 2. The van der Waals surface area contributed by atoms with Gasteiger partial charge in [0.05, 0.1) is 6.04 Å². The van der Waals surface area contributed by atoms with Crippen LogP contribution in [-0.2, 0) is 6.42 Å². The monoisotopic (exact) mass is 362 g/mol. The van der Waals surface area contributed by atoms with Crippen LogP contribution in [0.5, 0.6) is 5.75 Å². The van der Waals surface area contributed by atoms with Crippen molar-refractivity contribution in [3.8, 4) is 5.75 Å². The molecule has 1 aliphatic rings. The third kappa shape index (κ3) is 4.20. The second-order valence-electron chi connectivity index (χ2n) is 6.83. The average Bonchev–Trinajstić information content (AvgIpc) is 2.90. The van der Waals surface area contributed by atoms with Gasteiger partial charge < -0.3 is 15.6 Å². The number of hydrogen-bond acceptors (Lipinski definition) is 4. The number of nitrogens with zero attached hydrogens (tertiary/aromatic N) is 1. The SMILES string of the molecule is CN(CCc1ccccc1)[C@@H]1[C@@H](O)[C@H](Oc2ccc(F)c(F)c2)C[C@H]1N. The lowest BCUT2D eigenvalue weighted by Gasteiger charge is -2.30. The third-order valence-corrected chi connectivity index (χ3v) is 4.96. The molecule has 0 saturated heterocycles.